The van der Waals surface area contributed by atoms with Crippen LogP contribution in [0.2, 0.25) is 0 Å². The Kier molecular flexibility index (Phi) is 5.42. The van der Waals surface area contributed by atoms with Gasteiger partial charge in [0, 0.05) is 23.7 Å². The molecule has 0 fully saturated rings. The van der Waals surface area contributed by atoms with Gasteiger partial charge in [-0.25, -0.2) is 0 Å². The van der Waals surface area contributed by atoms with Crippen LogP contribution in [0.15, 0.2) is 47.3 Å². The molecule has 4 nitrogen and oxygen atoms in total. The summed E-state index contributed by atoms with van der Waals surface area (Å²) in [5.74, 6) is 0.880. The first kappa shape index (κ1) is 15.6. The molecular weight excluding hydrogens is 264 g/mol. The Morgan fingerprint density at radius 3 is 2.67 bits per heavy atom. The third-order valence-electron chi connectivity index (χ3n) is 3.82. The van der Waals surface area contributed by atoms with Gasteiger partial charge in [-0.05, 0) is 25.6 Å². The molecule has 21 heavy (non-hydrogen) atoms. The van der Waals surface area contributed by atoms with Crippen molar-refractivity contribution in [3.63, 3.8) is 0 Å². The minimum atomic E-state index is 0.0400. The van der Waals surface area contributed by atoms with Crippen LogP contribution in [0.1, 0.15) is 30.5 Å². The summed E-state index contributed by atoms with van der Waals surface area (Å²) in [6.07, 6.45) is 4.37. The maximum Gasteiger partial charge on any atom is 0.123 e. The topological polar surface area (TPSA) is 51.6 Å². The number of likely N-dealkylation sites (N-methyl/N-ethyl adjacent to an activating group) is 1. The number of rotatable bonds is 7. The third kappa shape index (κ3) is 3.65. The van der Waals surface area contributed by atoms with Crippen molar-refractivity contribution in [3.05, 3.63) is 54.0 Å². The lowest BCUT2D eigenvalue weighted by Crippen LogP contribution is -2.38. The van der Waals surface area contributed by atoms with Crippen molar-refractivity contribution in [3.8, 4) is 5.75 Å². The molecule has 1 heterocycles. The first-order chi connectivity index (χ1) is 10.2. The van der Waals surface area contributed by atoms with E-state index in [-0.39, 0.29) is 12.1 Å². The smallest absolute Gasteiger partial charge is 0.123 e. The molecule has 0 aliphatic heterocycles. The number of methoxy groups -OCH3 is 1. The van der Waals surface area contributed by atoms with E-state index >= 15 is 0 Å². The molecule has 0 bridgehead atoms. The van der Waals surface area contributed by atoms with Crippen molar-refractivity contribution in [2.24, 2.45) is 5.73 Å². The van der Waals surface area contributed by atoms with Gasteiger partial charge in [-0.3, -0.25) is 4.90 Å². The zero-order valence-corrected chi connectivity index (χ0v) is 13.0. The van der Waals surface area contributed by atoms with Crippen molar-refractivity contribution in [1.29, 1.82) is 0 Å². The Bertz CT molecular complexity index is 539. The van der Waals surface area contributed by atoms with Crippen LogP contribution in [-0.4, -0.2) is 25.1 Å². The molecule has 0 spiro atoms. The molecule has 0 aliphatic carbocycles. The highest BCUT2D eigenvalue weighted by molar-refractivity contribution is 5.37. The number of nitrogens with zero attached hydrogens (tertiary/aromatic N) is 1. The largest absolute Gasteiger partial charge is 0.496 e. The molecule has 2 N–H and O–H groups in total. The fourth-order valence-electron chi connectivity index (χ4n) is 2.70. The standard InChI is InChI=1S/C17H24N2O2/c1-4-15(18)17(14-7-5-6-8-16(14)20-3)19(2)11-13-9-10-21-12-13/h5-10,12,15,17H,4,11,18H2,1-3H3. The van der Waals surface area contributed by atoms with Gasteiger partial charge in [-0.2, -0.15) is 0 Å². The summed E-state index contributed by atoms with van der Waals surface area (Å²) < 4.78 is 10.7. The van der Waals surface area contributed by atoms with Crippen molar-refractivity contribution in [2.75, 3.05) is 14.2 Å². The van der Waals surface area contributed by atoms with E-state index < -0.39 is 0 Å². The minimum Gasteiger partial charge on any atom is -0.496 e. The highest BCUT2D eigenvalue weighted by atomic mass is 16.5. The summed E-state index contributed by atoms with van der Waals surface area (Å²) in [6.45, 7) is 2.89. The molecule has 114 valence electrons. The number of nitrogens with two attached hydrogens (primary N) is 1. The first-order valence-electron chi connectivity index (χ1n) is 7.27. The molecule has 4 heteroatoms. The van der Waals surface area contributed by atoms with E-state index in [1.54, 1.807) is 19.6 Å². The molecule has 2 atom stereocenters. The molecule has 2 aromatic rings. The van der Waals surface area contributed by atoms with Gasteiger partial charge >= 0.3 is 0 Å². The molecule has 1 aromatic carbocycles. The van der Waals surface area contributed by atoms with Gasteiger partial charge in [0.15, 0.2) is 0 Å². The van der Waals surface area contributed by atoms with Crippen molar-refractivity contribution in [2.45, 2.75) is 32.0 Å². The maximum atomic E-state index is 6.38. The number of benzene rings is 1. The van der Waals surface area contributed by atoms with Crippen LogP contribution in [0, 0.1) is 0 Å². The van der Waals surface area contributed by atoms with E-state index in [2.05, 4.69) is 24.9 Å². The van der Waals surface area contributed by atoms with Gasteiger partial charge in [0.25, 0.3) is 0 Å². The second-order valence-electron chi connectivity index (χ2n) is 5.31. The van der Waals surface area contributed by atoms with Gasteiger partial charge < -0.3 is 14.9 Å². The second-order valence-corrected chi connectivity index (χ2v) is 5.31. The molecule has 0 radical (unpaired) electrons. The SMILES string of the molecule is CCC(N)C(c1ccccc1OC)N(C)Cc1ccoc1. The van der Waals surface area contributed by atoms with Gasteiger partial charge in [-0.15, -0.1) is 0 Å². The Morgan fingerprint density at radius 2 is 2.05 bits per heavy atom. The normalized spacial score (nSPS) is 14.1. The number of para-hydroxylation sites is 1. The summed E-state index contributed by atoms with van der Waals surface area (Å²) >= 11 is 0. The predicted octanol–water partition coefficient (Wildman–Crippen LogP) is 3.20. The lowest BCUT2D eigenvalue weighted by Gasteiger charge is -2.33. The van der Waals surface area contributed by atoms with Crippen LogP contribution in [0.3, 0.4) is 0 Å². The van der Waals surface area contributed by atoms with E-state index in [0.29, 0.717) is 0 Å². The van der Waals surface area contributed by atoms with Crippen LogP contribution < -0.4 is 10.5 Å². The Hall–Kier alpha value is -1.78. The van der Waals surface area contributed by atoms with Crippen LogP contribution in [0.25, 0.3) is 0 Å². The van der Waals surface area contributed by atoms with E-state index in [0.717, 1.165) is 29.8 Å². The monoisotopic (exact) mass is 288 g/mol. The second kappa shape index (κ2) is 7.29. The van der Waals surface area contributed by atoms with Gasteiger partial charge in [0.1, 0.15) is 5.75 Å². The highest BCUT2D eigenvalue weighted by Crippen LogP contribution is 2.32. The third-order valence-corrected chi connectivity index (χ3v) is 3.82. The number of hydrogen-bond donors (Lipinski definition) is 1. The zero-order valence-electron chi connectivity index (χ0n) is 13.0. The molecule has 1 aromatic heterocycles. The summed E-state index contributed by atoms with van der Waals surface area (Å²) in [5.41, 5.74) is 8.65. The Morgan fingerprint density at radius 1 is 1.29 bits per heavy atom. The average Bonchev–Trinajstić information content (AvgIpc) is 3.00. The molecule has 0 amide bonds. The highest BCUT2D eigenvalue weighted by Gasteiger charge is 2.26. The fourth-order valence-corrected chi connectivity index (χ4v) is 2.70. The van der Waals surface area contributed by atoms with Crippen molar-refractivity contribution in [1.82, 2.24) is 4.90 Å². The molecule has 2 unspecified atom stereocenters. The molecular formula is C17H24N2O2. The molecule has 0 saturated carbocycles. The van der Waals surface area contributed by atoms with E-state index in [4.69, 9.17) is 14.9 Å². The summed E-state index contributed by atoms with van der Waals surface area (Å²) in [4.78, 5) is 2.25. The molecule has 0 saturated heterocycles. The molecule has 0 aliphatic rings. The van der Waals surface area contributed by atoms with Crippen LogP contribution in [0.4, 0.5) is 0 Å². The zero-order chi connectivity index (χ0) is 15.2. The van der Waals surface area contributed by atoms with E-state index in [9.17, 15) is 0 Å². The maximum absolute atomic E-state index is 6.38. The summed E-state index contributed by atoms with van der Waals surface area (Å²) in [6, 6.07) is 10.2. The summed E-state index contributed by atoms with van der Waals surface area (Å²) in [7, 11) is 3.78. The Balaban J connectivity index is 2.29. The van der Waals surface area contributed by atoms with Crippen LogP contribution in [-0.2, 0) is 6.54 Å². The molecule has 2 rings (SSSR count). The van der Waals surface area contributed by atoms with E-state index in [1.807, 2.05) is 24.3 Å². The number of hydrogen-bond acceptors (Lipinski definition) is 4. The van der Waals surface area contributed by atoms with Crippen molar-refractivity contribution < 1.29 is 9.15 Å². The van der Waals surface area contributed by atoms with Crippen LogP contribution in [0.5, 0.6) is 5.75 Å². The average molecular weight is 288 g/mol. The van der Waals surface area contributed by atoms with Gasteiger partial charge in [-0.1, -0.05) is 25.1 Å². The number of ether oxygens (including phenoxy) is 1. The Labute approximate surface area is 126 Å². The van der Waals surface area contributed by atoms with Crippen molar-refractivity contribution >= 4 is 0 Å². The predicted molar refractivity (Wildman–Crippen MR) is 84.2 cm³/mol. The lowest BCUT2D eigenvalue weighted by atomic mass is 9.95. The number of furan rings is 1. The van der Waals surface area contributed by atoms with E-state index in [1.165, 1.54) is 0 Å². The quantitative estimate of drug-likeness (QED) is 0.850. The lowest BCUT2D eigenvalue weighted by molar-refractivity contribution is 0.197. The van der Waals surface area contributed by atoms with Gasteiger partial charge in [0.05, 0.1) is 25.7 Å². The fraction of sp³-hybridized carbons (Fsp3) is 0.412. The minimum absolute atomic E-state index is 0.0400. The van der Waals surface area contributed by atoms with Crippen LogP contribution >= 0.6 is 0 Å². The first-order valence-corrected chi connectivity index (χ1v) is 7.27. The van der Waals surface area contributed by atoms with Gasteiger partial charge in [0.2, 0.25) is 0 Å². The summed E-state index contributed by atoms with van der Waals surface area (Å²) in [5, 5.41) is 0.